The van der Waals surface area contributed by atoms with E-state index in [4.69, 9.17) is 14.5 Å². The summed E-state index contributed by atoms with van der Waals surface area (Å²) in [6.45, 7) is 10.1. The van der Waals surface area contributed by atoms with Crippen LogP contribution in [0.25, 0.3) is 22.2 Å². The van der Waals surface area contributed by atoms with Gasteiger partial charge in [-0.05, 0) is 60.3 Å². The number of nitrogens with one attached hydrogen (secondary N) is 2. The monoisotopic (exact) mass is 730 g/mol. The van der Waals surface area contributed by atoms with Crippen LogP contribution in [0.15, 0.2) is 59.7 Å². The minimum absolute atomic E-state index is 0.438. The van der Waals surface area contributed by atoms with Crippen molar-refractivity contribution in [3.8, 4) is 16.9 Å². The van der Waals surface area contributed by atoms with Gasteiger partial charge in [0.25, 0.3) is 0 Å². The van der Waals surface area contributed by atoms with E-state index in [-0.39, 0.29) is 0 Å². The maximum atomic E-state index is 5.97. The van der Waals surface area contributed by atoms with Gasteiger partial charge < -0.3 is 25.0 Å². The number of methoxy groups -OCH3 is 1. The maximum absolute atomic E-state index is 5.97. The number of aromatic nitrogens is 6. The lowest BCUT2D eigenvalue weighted by atomic mass is 9.99. The van der Waals surface area contributed by atoms with Gasteiger partial charge in [-0.15, -0.1) is 0 Å². The summed E-state index contributed by atoms with van der Waals surface area (Å²) in [5.41, 5.74) is 6.74. The first-order valence-electron chi connectivity index (χ1n) is 16.1. The van der Waals surface area contributed by atoms with Crippen molar-refractivity contribution >= 4 is 69.0 Å². The Kier molecular flexibility index (Phi) is 9.72. The molecule has 2 saturated heterocycles. The predicted molar refractivity (Wildman–Crippen MR) is 197 cm³/mol. The Morgan fingerprint density at radius 1 is 0.958 bits per heavy atom. The summed E-state index contributed by atoms with van der Waals surface area (Å²) >= 11 is 3.65. The standard InChI is InChI=1S/C34H40BrN10O2P/c1-43-21-22(19-39-43)24-17-28(30(46-2)18-29(24)45-11-7-23(8-12-45)44-13-15-47-16-14-44)41-34-38-20-25(35)33(42-34)40-27-6-5-26-31(32(27)48(3)4)37-10-9-36-26/h5-6,9-10,17-21,23H,7-8,11-16H2,1-4H3,(H2,38,40,41,42). The summed E-state index contributed by atoms with van der Waals surface area (Å²) in [6.07, 6.45) is 11.4. The lowest BCUT2D eigenvalue weighted by molar-refractivity contribution is 0.0115. The van der Waals surface area contributed by atoms with Gasteiger partial charge in [0.05, 0.1) is 47.7 Å². The normalized spacial score (nSPS) is 16.1. The number of benzene rings is 2. The molecular weight excluding hydrogens is 691 g/mol. The lowest BCUT2D eigenvalue weighted by Gasteiger charge is -2.41. The van der Waals surface area contributed by atoms with E-state index in [1.165, 1.54) is 0 Å². The number of anilines is 5. The molecule has 5 heterocycles. The number of fused-ring (bicyclic) bond motifs is 1. The van der Waals surface area contributed by atoms with E-state index in [0.717, 1.165) is 101 Å². The molecule has 2 aromatic carbocycles. The zero-order chi connectivity index (χ0) is 33.2. The van der Waals surface area contributed by atoms with Gasteiger partial charge in [0.15, 0.2) is 0 Å². The SMILES string of the molecule is COc1cc(N2CCC(N3CCOCC3)CC2)c(-c2cnn(C)c2)cc1Nc1ncc(Br)c(Nc2ccc3nccnc3c2P(C)C)n1. The number of rotatable bonds is 9. The van der Waals surface area contributed by atoms with Crippen molar-refractivity contribution in [2.24, 2.45) is 7.05 Å². The number of aryl methyl sites for hydroxylation is 1. The largest absolute Gasteiger partial charge is 0.494 e. The molecule has 0 spiro atoms. The Morgan fingerprint density at radius 3 is 2.48 bits per heavy atom. The molecule has 0 radical (unpaired) electrons. The molecule has 0 saturated carbocycles. The van der Waals surface area contributed by atoms with E-state index in [1.807, 2.05) is 30.1 Å². The average Bonchev–Trinajstić information content (AvgIpc) is 3.55. The van der Waals surface area contributed by atoms with Gasteiger partial charge in [0.1, 0.15) is 11.6 Å². The molecule has 3 aromatic heterocycles. The van der Waals surface area contributed by atoms with E-state index in [0.29, 0.717) is 23.6 Å². The summed E-state index contributed by atoms with van der Waals surface area (Å²) in [6, 6.07) is 8.87. The van der Waals surface area contributed by atoms with Crippen molar-refractivity contribution in [2.45, 2.75) is 18.9 Å². The first kappa shape index (κ1) is 32.6. The van der Waals surface area contributed by atoms with Crippen LogP contribution in [-0.2, 0) is 11.8 Å². The molecule has 2 aliphatic rings. The van der Waals surface area contributed by atoms with Crippen LogP contribution in [-0.4, -0.2) is 100 Å². The smallest absolute Gasteiger partial charge is 0.229 e. The topological polar surface area (TPSA) is 118 Å². The van der Waals surface area contributed by atoms with Gasteiger partial charge in [-0.1, -0.05) is 7.92 Å². The summed E-state index contributed by atoms with van der Waals surface area (Å²) in [5, 5.41) is 12.6. The van der Waals surface area contributed by atoms with Gasteiger partial charge >= 0.3 is 0 Å². The number of piperidine rings is 1. The van der Waals surface area contributed by atoms with Gasteiger partial charge in [-0.3, -0.25) is 19.5 Å². The number of halogens is 1. The summed E-state index contributed by atoms with van der Waals surface area (Å²) in [5.74, 6) is 1.79. The number of nitrogens with zero attached hydrogens (tertiary/aromatic N) is 8. The molecule has 0 bridgehead atoms. The Morgan fingerprint density at radius 2 is 1.75 bits per heavy atom. The quantitative estimate of drug-likeness (QED) is 0.181. The Balaban J connectivity index is 1.19. The van der Waals surface area contributed by atoms with E-state index in [2.05, 4.69) is 88.1 Å². The average molecular weight is 732 g/mol. The highest BCUT2D eigenvalue weighted by Crippen LogP contribution is 2.42. The van der Waals surface area contributed by atoms with Gasteiger partial charge in [-0.2, -0.15) is 10.1 Å². The van der Waals surface area contributed by atoms with Crippen LogP contribution in [0.4, 0.5) is 28.8 Å². The van der Waals surface area contributed by atoms with Crippen LogP contribution in [0.3, 0.4) is 0 Å². The van der Waals surface area contributed by atoms with E-state index >= 15 is 0 Å². The second kappa shape index (κ2) is 14.3. The third-order valence-corrected chi connectivity index (χ3v) is 10.9. The molecule has 14 heteroatoms. The van der Waals surface area contributed by atoms with Crippen molar-refractivity contribution in [1.82, 2.24) is 34.6 Å². The first-order valence-corrected chi connectivity index (χ1v) is 19.2. The van der Waals surface area contributed by atoms with Crippen LogP contribution < -0.4 is 25.6 Å². The van der Waals surface area contributed by atoms with Gasteiger partial charge in [0, 0.05) is 97.9 Å². The zero-order valence-corrected chi connectivity index (χ0v) is 30.1. The molecule has 48 heavy (non-hydrogen) atoms. The molecule has 0 atom stereocenters. The molecular formula is C34H40BrN10O2P. The Labute approximate surface area is 290 Å². The molecule has 12 nitrogen and oxygen atoms in total. The molecule has 2 fully saturated rings. The zero-order valence-electron chi connectivity index (χ0n) is 27.6. The molecule has 250 valence electrons. The second-order valence-corrected chi connectivity index (χ2v) is 15.3. The molecule has 2 N–H and O–H groups in total. The highest BCUT2D eigenvalue weighted by molar-refractivity contribution is 9.10. The van der Waals surface area contributed by atoms with Crippen LogP contribution in [0.2, 0.25) is 0 Å². The maximum Gasteiger partial charge on any atom is 0.229 e. The van der Waals surface area contributed by atoms with Crippen molar-refractivity contribution in [1.29, 1.82) is 0 Å². The number of ether oxygens (including phenoxy) is 2. The van der Waals surface area contributed by atoms with Crippen molar-refractivity contribution in [3.63, 3.8) is 0 Å². The highest BCUT2D eigenvalue weighted by Gasteiger charge is 2.28. The van der Waals surface area contributed by atoms with Gasteiger partial charge in [-0.25, -0.2) is 4.98 Å². The lowest BCUT2D eigenvalue weighted by Crippen LogP contribution is -2.49. The molecule has 0 unspecified atom stereocenters. The first-order chi connectivity index (χ1) is 23.4. The number of hydrogen-bond acceptors (Lipinski definition) is 11. The van der Waals surface area contributed by atoms with Crippen LogP contribution in [0.1, 0.15) is 12.8 Å². The fourth-order valence-electron chi connectivity index (χ4n) is 6.64. The molecule has 0 amide bonds. The molecule has 0 aliphatic carbocycles. The van der Waals surface area contributed by atoms with E-state index in [9.17, 15) is 0 Å². The minimum atomic E-state index is -0.489. The van der Waals surface area contributed by atoms with Crippen molar-refractivity contribution in [2.75, 3.05) is 75.4 Å². The Bertz CT molecular complexity index is 1910. The summed E-state index contributed by atoms with van der Waals surface area (Å²) in [4.78, 5) is 23.7. The van der Waals surface area contributed by atoms with Crippen molar-refractivity contribution in [3.05, 3.63) is 59.7 Å². The molecule has 5 aromatic rings. The van der Waals surface area contributed by atoms with Crippen LogP contribution in [0, 0.1) is 0 Å². The van der Waals surface area contributed by atoms with E-state index in [1.54, 1.807) is 25.7 Å². The van der Waals surface area contributed by atoms with Crippen LogP contribution >= 0.6 is 23.9 Å². The molecule has 2 aliphatic heterocycles. The second-order valence-electron chi connectivity index (χ2n) is 12.3. The third-order valence-electron chi connectivity index (χ3n) is 9.01. The predicted octanol–water partition coefficient (Wildman–Crippen LogP) is 5.75. The minimum Gasteiger partial charge on any atom is -0.494 e. The number of morpholine rings is 1. The number of hydrogen-bond donors (Lipinski definition) is 2. The summed E-state index contributed by atoms with van der Waals surface area (Å²) in [7, 11) is 3.15. The summed E-state index contributed by atoms with van der Waals surface area (Å²) < 4.78 is 14.1. The highest BCUT2D eigenvalue weighted by atomic mass is 79.9. The van der Waals surface area contributed by atoms with Crippen LogP contribution in [0.5, 0.6) is 5.75 Å². The van der Waals surface area contributed by atoms with Crippen molar-refractivity contribution < 1.29 is 9.47 Å². The fraction of sp³-hybridized carbons (Fsp3) is 0.382. The third kappa shape index (κ3) is 6.82. The van der Waals surface area contributed by atoms with Gasteiger partial charge in [0.2, 0.25) is 5.95 Å². The van der Waals surface area contributed by atoms with E-state index < -0.39 is 7.92 Å². The Hall–Kier alpha value is -3.90. The molecule has 7 rings (SSSR count). The fourth-order valence-corrected chi connectivity index (χ4v) is 8.14.